The molecule has 1 aromatic rings. The minimum absolute atomic E-state index is 0.0360. The number of aliphatic imine (C=N–C) groups is 1. The Labute approximate surface area is 124 Å². The number of thioether (sulfide) groups is 1. The molecule has 4 heteroatoms. The second kappa shape index (κ2) is 6.75. The standard InChI is InChI=1S/C16H20N2OS/c1-12(2)14-7-4-13(5-8-14)6-9-15(19)18(3)16-17-10-11-20-16/h4-9,12H,10-11H2,1-3H3/b9-6+. The van der Waals surface area contributed by atoms with Crippen molar-refractivity contribution in [1.82, 2.24) is 4.90 Å². The van der Waals surface area contributed by atoms with E-state index in [0.717, 1.165) is 23.0 Å². The van der Waals surface area contributed by atoms with Crippen LogP contribution in [0, 0.1) is 0 Å². The molecule has 0 atom stereocenters. The molecule has 0 aliphatic carbocycles. The van der Waals surface area contributed by atoms with E-state index >= 15 is 0 Å². The number of amides is 1. The fourth-order valence-corrected chi connectivity index (χ4v) is 2.72. The third kappa shape index (κ3) is 3.73. The summed E-state index contributed by atoms with van der Waals surface area (Å²) in [4.78, 5) is 17.9. The molecule has 106 valence electrons. The van der Waals surface area contributed by atoms with Crippen molar-refractivity contribution in [3.05, 3.63) is 41.5 Å². The average Bonchev–Trinajstić information content (AvgIpc) is 2.98. The van der Waals surface area contributed by atoms with Gasteiger partial charge in [0, 0.05) is 18.9 Å². The van der Waals surface area contributed by atoms with Crippen molar-refractivity contribution in [2.24, 2.45) is 4.99 Å². The summed E-state index contributed by atoms with van der Waals surface area (Å²) in [5, 5.41) is 0.815. The van der Waals surface area contributed by atoms with E-state index in [1.165, 1.54) is 5.56 Å². The number of hydrogen-bond donors (Lipinski definition) is 0. The quantitative estimate of drug-likeness (QED) is 0.799. The van der Waals surface area contributed by atoms with Gasteiger partial charge in [0.05, 0.1) is 6.54 Å². The fourth-order valence-electron chi connectivity index (χ4n) is 1.89. The number of carbonyl (C=O) groups excluding carboxylic acids is 1. The van der Waals surface area contributed by atoms with Gasteiger partial charge < -0.3 is 0 Å². The lowest BCUT2D eigenvalue weighted by Gasteiger charge is -2.13. The largest absolute Gasteiger partial charge is 0.291 e. The second-order valence-electron chi connectivity index (χ2n) is 5.06. The third-order valence-corrected chi connectivity index (χ3v) is 4.26. The summed E-state index contributed by atoms with van der Waals surface area (Å²) in [6, 6.07) is 8.30. The molecule has 1 amide bonds. The SMILES string of the molecule is CC(C)c1ccc(/C=C/C(=O)N(C)C2=NCCS2)cc1. The highest BCUT2D eigenvalue weighted by Crippen LogP contribution is 2.16. The Morgan fingerprint density at radius 2 is 2.05 bits per heavy atom. The van der Waals surface area contributed by atoms with E-state index in [1.807, 2.05) is 18.2 Å². The summed E-state index contributed by atoms with van der Waals surface area (Å²) in [5.74, 6) is 1.46. The summed E-state index contributed by atoms with van der Waals surface area (Å²) < 4.78 is 0. The number of likely N-dealkylation sites (N-methyl/N-ethyl adjacent to an activating group) is 1. The molecule has 0 N–H and O–H groups in total. The topological polar surface area (TPSA) is 32.7 Å². The predicted octanol–water partition coefficient (Wildman–Crippen LogP) is 3.38. The first-order valence-corrected chi connectivity index (χ1v) is 7.79. The van der Waals surface area contributed by atoms with Gasteiger partial charge in [-0.15, -0.1) is 0 Å². The van der Waals surface area contributed by atoms with Crippen molar-refractivity contribution in [2.45, 2.75) is 19.8 Å². The highest BCUT2D eigenvalue weighted by Gasteiger charge is 2.16. The molecule has 0 unspecified atom stereocenters. The first kappa shape index (κ1) is 14.9. The van der Waals surface area contributed by atoms with E-state index in [0.29, 0.717) is 5.92 Å². The number of benzene rings is 1. The zero-order valence-corrected chi connectivity index (χ0v) is 13.0. The van der Waals surface area contributed by atoms with Gasteiger partial charge in [0.25, 0.3) is 5.91 Å². The lowest BCUT2D eigenvalue weighted by molar-refractivity contribution is -0.121. The van der Waals surface area contributed by atoms with Crippen LogP contribution in [0.2, 0.25) is 0 Å². The highest BCUT2D eigenvalue weighted by molar-refractivity contribution is 8.14. The van der Waals surface area contributed by atoms with E-state index in [-0.39, 0.29) is 5.91 Å². The van der Waals surface area contributed by atoms with Gasteiger partial charge in [-0.05, 0) is 23.1 Å². The third-order valence-electron chi connectivity index (χ3n) is 3.21. The molecule has 1 aliphatic rings. The van der Waals surface area contributed by atoms with Crippen molar-refractivity contribution in [3.8, 4) is 0 Å². The zero-order valence-electron chi connectivity index (χ0n) is 12.2. The van der Waals surface area contributed by atoms with Gasteiger partial charge in [-0.1, -0.05) is 49.9 Å². The van der Waals surface area contributed by atoms with E-state index < -0.39 is 0 Å². The van der Waals surface area contributed by atoms with Crippen LogP contribution in [-0.4, -0.2) is 35.3 Å². The molecule has 0 bridgehead atoms. The highest BCUT2D eigenvalue weighted by atomic mass is 32.2. The molecular formula is C16H20N2OS. The van der Waals surface area contributed by atoms with Crippen LogP contribution < -0.4 is 0 Å². The monoisotopic (exact) mass is 288 g/mol. The van der Waals surface area contributed by atoms with Crippen LogP contribution in [-0.2, 0) is 4.79 Å². The van der Waals surface area contributed by atoms with Gasteiger partial charge >= 0.3 is 0 Å². The lowest BCUT2D eigenvalue weighted by Crippen LogP contribution is -2.28. The minimum atomic E-state index is -0.0360. The van der Waals surface area contributed by atoms with Crippen LogP contribution >= 0.6 is 11.8 Å². The summed E-state index contributed by atoms with van der Waals surface area (Å²) in [5.41, 5.74) is 2.35. The molecule has 0 saturated heterocycles. The minimum Gasteiger partial charge on any atom is -0.291 e. The molecule has 0 spiro atoms. The van der Waals surface area contributed by atoms with Crippen molar-refractivity contribution >= 4 is 28.9 Å². The molecule has 1 aromatic carbocycles. The normalized spacial score (nSPS) is 14.9. The number of hydrogen-bond acceptors (Lipinski definition) is 3. The average molecular weight is 288 g/mol. The van der Waals surface area contributed by atoms with Crippen molar-refractivity contribution < 1.29 is 4.79 Å². The van der Waals surface area contributed by atoms with Gasteiger partial charge in [0.1, 0.15) is 0 Å². The number of nitrogens with zero attached hydrogens (tertiary/aromatic N) is 2. The van der Waals surface area contributed by atoms with Gasteiger partial charge in [-0.25, -0.2) is 0 Å². The summed E-state index contributed by atoms with van der Waals surface area (Å²) >= 11 is 1.63. The van der Waals surface area contributed by atoms with E-state index in [9.17, 15) is 4.79 Å². The number of rotatable bonds is 3. The van der Waals surface area contributed by atoms with Gasteiger partial charge in [-0.3, -0.25) is 14.7 Å². The zero-order chi connectivity index (χ0) is 14.5. The Morgan fingerprint density at radius 3 is 2.60 bits per heavy atom. The Bertz CT molecular complexity index is 532. The molecule has 1 heterocycles. The lowest BCUT2D eigenvalue weighted by atomic mass is 10.0. The number of amidine groups is 1. The fraction of sp³-hybridized carbons (Fsp3) is 0.375. The molecule has 0 saturated carbocycles. The van der Waals surface area contributed by atoms with Gasteiger partial charge in [0.15, 0.2) is 5.17 Å². The first-order valence-electron chi connectivity index (χ1n) is 6.81. The van der Waals surface area contributed by atoms with Crippen molar-refractivity contribution in [1.29, 1.82) is 0 Å². The van der Waals surface area contributed by atoms with E-state index in [2.05, 4.69) is 31.0 Å². The maximum absolute atomic E-state index is 12.0. The molecule has 0 radical (unpaired) electrons. The number of carbonyl (C=O) groups is 1. The second-order valence-corrected chi connectivity index (χ2v) is 6.13. The molecule has 3 nitrogen and oxygen atoms in total. The Morgan fingerprint density at radius 1 is 1.35 bits per heavy atom. The summed E-state index contributed by atoms with van der Waals surface area (Å²) in [7, 11) is 1.77. The molecular weight excluding hydrogens is 268 g/mol. The maximum atomic E-state index is 12.0. The summed E-state index contributed by atoms with van der Waals surface area (Å²) in [6.45, 7) is 5.14. The molecule has 20 heavy (non-hydrogen) atoms. The Kier molecular flexibility index (Phi) is 5.01. The van der Waals surface area contributed by atoms with E-state index in [1.54, 1.807) is 29.8 Å². The predicted molar refractivity (Wildman–Crippen MR) is 87.1 cm³/mol. The van der Waals surface area contributed by atoms with Crippen molar-refractivity contribution in [3.63, 3.8) is 0 Å². The summed E-state index contributed by atoms with van der Waals surface area (Å²) in [6.07, 6.45) is 3.45. The van der Waals surface area contributed by atoms with E-state index in [4.69, 9.17) is 0 Å². The van der Waals surface area contributed by atoms with Crippen LogP contribution in [0.3, 0.4) is 0 Å². The first-order chi connectivity index (χ1) is 9.58. The van der Waals surface area contributed by atoms with Crippen molar-refractivity contribution in [2.75, 3.05) is 19.3 Å². The smallest absolute Gasteiger partial charge is 0.252 e. The van der Waals surface area contributed by atoms with Crippen LogP contribution in [0.15, 0.2) is 35.3 Å². The Hall–Kier alpha value is -1.55. The molecule has 1 aliphatic heterocycles. The molecule has 0 fully saturated rings. The van der Waals surface area contributed by atoms with Crippen LogP contribution in [0.4, 0.5) is 0 Å². The van der Waals surface area contributed by atoms with Crippen LogP contribution in [0.5, 0.6) is 0 Å². The Balaban J connectivity index is 1.99. The van der Waals surface area contributed by atoms with Crippen LogP contribution in [0.1, 0.15) is 30.9 Å². The van der Waals surface area contributed by atoms with Gasteiger partial charge in [-0.2, -0.15) is 0 Å². The van der Waals surface area contributed by atoms with Crippen LogP contribution in [0.25, 0.3) is 6.08 Å². The van der Waals surface area contributed by atoms with Gasteiger partial charge in [0.2, 0.25) is 0 Å². The molecule has 2 rings (SSSR count). The molecule has 0 aromatic heterocycles. The maximum Gasteiger partial charge on any atom is 0.252 e.